The average Bonchev–Trinajstić information content (AvgIpc) is 3.24. The van der Waals surface area contributed by atoms with Crippen LogP contribution in [0.15, 0.2) is 77.2 Å². The number of aryl methyl sites for hydroxylation is 1. The molecule has 3 aromatic carbocycles. The summed E-state index contributed by atoms with van der Waals surface area (Å²) in [5.41, 5.74) is 9.14. The number of carbonyl (C=O) groups is 2. The largest absolute Gasteiger partial charge is 0.492 e. The lowest BCUT2D eigenvalue weighted by molar-refractivity contribution is 0.0921. The maximum Gasteiger partial charge on any atom is 0.287 e. The predicted octanol–water partition coefficient (Wildman–Crippen LogP) is 4.38. The van der Waals surface area contributed by atoms with Crippen LogP contribution in [-0.4, -0.2) is 25.0 Å². The van der Waals surface area contributed by atoms with E-state index in [1.165, 1.54) is 0 Å². The molecule has 162 valence electrons. The van der Waals surface area contributed by atoms with Gasteiger partial charge in [0.1, 0.15) is 17.9 Å². The van der Waals surface area contributed by atoms with E-state index in [1.807, 2.05) is 25.1 Å². The smallest absolute Gasteiger partial charge is 0.287 e. The molecule has 0 spiro atoms. The minimum Gasteiger partial charge on any atom is -0.492 e. The molecule has 4 rings (SSSR count). The quantitative estimate of drug-likeness (QED) is 0.298. The van der Waals surface area contributed by atoms with Gasteiger partial charge in [0.25, 0.3) is 11.8 Å². The number of hydrogen-bond acceptors (Lipinski definition) is 5. The zero-order valence-corrected chi connectivity index (χ0v) is 17.6. The van der Waals surface area contributed by atoms with Gasteiger partial charge in [0.15, 0.2) is 5.76 Å². The molecule has 2 amide bonds. The van der Waals surface area contributed by atoms with Crippen molar-refractivity contribution in [2.24, 2.45) is 0 Å². The third kappa shape index (κ3) is 4.73. The third-order valence-electron chi connectivity index (χ3n) is 4.99. The summed E-state index contributed by atoms with van der Waals surface area (Å²) in [5, 5.41) is 6.48. The predicted molar refractivity (Wildman–Crippen MR) is 124 cm³/mol. The number of ether oxygens (including phenoxy) is 1. The Labute approximate surface area is 185 Å². The number of carbonyl (C=O) groups excluding carboxylic acids is 2. The maximum absolute atomic E-state index is 12.4. The number of rotatable bonds is 7. The second-order valence-corrected chi connectivity index (χ2v) is 7.27. The Hall–Kier alpha value is -4.26. The molecule has 0 aliphatic heterocycles. The summed E-state index contributed by atoms with van der Waals surface area (Å²) in [6.45, 7) is 2.56. The Kier molecular flexibility index (Phi) is 6.07. The Balaban J connectivity index is 1.26. The van der Waals surface area contributed by atoms with Crippen LogP contribution in [0.4, 0.5) is 11.4 Å². The van der Waals surface area contributed by atoms with Gasteiger partial charge in [0, 0.05) is 10.9 Å². The van der Waals surface area contributed by atoms with Gasteiger partial charge in [0.05, 0.1) is 17.9 Å². The number of nitrogen functional groups attached to an aromatic ring is 1. The van der Waals surface area contributed by atoms with Crippen molar-refractivity contribution >= 4 is 34.2 Å². The molecule has 1 aromatic heterocycles. The normalized spacial score (nSPS) is 10.7. The average molecular weight is 429 g/mol. The molecule has 7 nitrogen and oxygen atoms in total. The van der Waals surface area contributed by atoms with E-state index >= 15 is 0 Å². The summed E-state index contributed by atoms with van der Waals surface area (Å²) in [6, 6.07) is 21.2. The number of anilines is 2. The molecular formula is C25H23N3O4. The van der Waals surface area contributed by atoms with Gasteiger partial charge in [-0.2, -0.15) is 0 Å². The van der Waals surface area contributed by atoms with E-state index in [4.69, 9.17) is 14.9 Å². The highest BCUT2D eigenvalue weighted by molar-refractivity contribution is 6.05. The summed E-state index contributed by atoms with van der Waals surface area (Å²) in [7, 11) is 0. The van der Waals surface area contributed by atoms with Crippen LogP contribution in [0.5, 0.6) is 5.75 Å². The molecule has 0 fully saturated rings. The molecule has 0 aliphatic rings. The highest BCUT2D eigenvalue weighted by Crippen LogP contribution is 2.22. The van der Waals surface area contributed by atoms with Crippen LogP contribution in [0.3, 0.4) is 0 Å². The van der Waals surface area contributed by atoms with E-state index in [1.54, 1.807) is 54.6 Å². The van der Waals surface area contributed by atoms with Crippen molar-refractivity contribution in [3.63, 3.8) is 0 Å². The molecule has 0 saturated heterocycles. The maximum atomic E-state index is 12.4. The van der Waals surface area contributed by atoms with Crippen molar-refractivity contribution in [2.45, 2.75) is 6.92 Å². The number of fused-ring (bicyclic) bond motifs is 1. The number of hydrogen-bond donors (Lipinski definition) is 3. The van der Waals surface area contributed by atoms with Crippen molar-refractivity contribution < 1.29 is 18.7 Å². The number of benzene rings is 3. The molecule has 0 radical (unpaired) electrons. The van der Waals surface area contributed by atoms with Crippen LogP contribution in [0, 0.1) is 6.92 Å². The van der Waals surface area contributed by atoms with E-state index in [0.29, 0.717) is 34.8 Å². The van der Waals surface area contributed by atoms with Crippen LogP contribution in [0.25, 0.3) is 11.0 Å². The number of nitrogens with two attached hydrogens (primary N) is 1. The molecule has 1 heterocycles. The zero-order valence-electron chi connectivity index (χ0n) is 17.6. The number of nitrogens with one attached hydrogen (secondary N) is 2. The number of para-hydroxylation sites is 2. The summed E-state index contributed by atoms with van der Waals surface area (Å²) >= 11 is 0. The molecule has 32 heavy (non-hydrogen) atoms. The van der Waals surface area contributed by atoms with Gasteiger partial charge in [-0.25, -0.2) is 0 Å². The van der Waals surface area contributed by atoms with Gasteiger partial charge in [-0.3, -0.25) is 9.59 Å². The Bertz CT molecular complexity index is 1260. The molecule has 4 N–H and O–H groups in total. The fourth-order valence-electron chi connectivity index (χ4n) is 3.25. The van der Waals surface area contributed by atoms with Gasteiger partial charge in [-0.15, -0.1) is 0 Å². The molecular weight excluding hydrogens is 406 g/mol. The molecule has 4 aromatic rings. The van der Waals surface area contributed by atoms with Crippen LogP contribution in [0.1, 0.15) is 26.5 Å². The van der Waals surface area contributed by atoms with Gasteiger partial charge in [-0.05, 0) is 61.0 Å². The monoisotopic (exact) mass is 429 g/mol. The minimum atomic E-state index is -0.295. The first-order chi connectivity index (χ1) is 15.5. The van der Waals surface area contributed by atoms with E-state index in [9.17, 15) is 9.59 Å². The van der Waals surface area contributed by atoms with Gasteiger partial charge in [0.2, 0.25) is 0 Å². The van der Waals surface area contributed by atoms with Crippen molar-refractivity contribution in [3.8, 4) is 5.75 Å². The minimum absolute atomic E-state index is 0.261. The topological polar surface area (TPSA) is 107 Å². The van der Waals surface area contributed by atoms with Crippen LogP contribution >= 0.6 is 0 Å². The van der Waals surface area contributed by atoms with Crippen molar-refractivity contribution in [2.75, 3.05) is 24.2 Å². The summed E-state index contributed by atoms with van der Waals surface area (Å²) < 4.78 is 11.3. The summed E-state index contributed by atoms with van der Waals surface area (Å²) in [6.07, 6.45) is 0. The van der Waals surface area contributed by atoms with E-state index in [-0.39, 0.29) is 24.2 Å². The first-order valence-electron chi connectivity index (χ1n) is 10.2. The molecule has 0 unspecified atom stereocenters. The van der Waals surface area contributed by atoms with Gasteiger partial charge >= 0.3 is 0 Å². The molecule has 0 atom stereocenters. The SMILES string of the molecule is Cc1cccc2oc(C(=O)NCCOc3ccc(C(=O)Nc4ccccc4N)cc3)cc12. The first-order valence-corrected chi connectivity index (χ1v) is 10.2. The van der Waals surface area contributed by atoms with Crippen LogP contribution in [0.2, 0.25) is 0 Å². The van der Waals surface area contributed by atoms with Crippen molar-refractivity contribution in [1.29, 1.82) is 0 Å². The van der Waals surface area contributed by atoms with Gasteiger partial charge < -0.3 is 25.5 Å². The first kappa shape index (κ1) is 21.0. The summed E-state index contributed by atoms with van der Waals surface area (Å²) in [4.78, 5) is 24.7. The standard InChI is InChI=1S/C25H23N3O4/c1-16-5-4-8-22-19(16)15-23(32-22)25(30)27-13-14-31-18-11-9-17(10-12-18)24(29)28-21-7-3-2-6-20(21)26/h2-12,15H,13-14,26H2,1H3,(H,27,30)(H,28,29). The lowest BCUT2D eigenvalue weighted by Gasteiger charge is -2.09. The lowest BCUT2D eigenvalue weighted by atomic mass is 10.1. The van der Waals surface area contributed by atoms with E-state index in [2.05, 4.69) is 10.6 Å². The molecule has 0 aliphatic carbocycles. The molecule has 7 heteroatoms. The molecule has 0 saturated carbocycles. The fraction of sp³-hybridized carbons (Fsp3) is 0.120. The number of furan rings is 1. The van der Waals surface area contributed by atoms with Crippen molar-refractivity contribution in [1.82, 2.24) is 5.32 Å². The fourth-order valence-corrected chi connectivity index (χ4v) is 3.25. The zero-order chi connectivity index (χ0) is 22.5. The third-order valence-corrected chi connectivity index (χ3v) is 4.99. The highest BCUT2D eigenvalue weighted by atomic mass is 16.5. The van der Waals surface area contributed by atoms with Gasteiger partial charge in [-0.1, -0.05) is 24.3 Å². The second kappa shape index (κ2) is 9.26. The van der Waals surface area contributed by atoms with E-state index in [0.717, 1.165) is 10.9 Å². The Morgan fingerprint density at radius 2 is 1.75 bits per heavy atom. The van der Waals surface area contributed by atoms with E-state index < -0.39 is 0 Å². The Morgan fingerprint density at radius 1 is 0.969 bits per heavy atom. The number of amides is 2. The van der Waals surface area contributed by atoms with Crippen molar-refractivity contribution in [3.05, 3.63) is 89.7 Å². The van der Waals surface area contributed by atoms with Crippen LogP contribution < -0.4 is 21.1 Å². The Morgan fingerprint density at radius 3 is 2.50 bits per heavy atom. The highest BCUT2D eigenvalue weighted by Gasteiger charge is 2.13. The molecule has 0 bridgehead atoms. The summed E-state index contributed by atoms with van der Waals surface area (Å²) in [5.74, 6) is 0.303. The van der Waals surface area contributed by atoms with Crippen LogP contribution in [-0.2, 0) is 0 Å². The second-order valence-electron chi connectivity index (χ2n) is 7.27. The lowest BCUT2D eigenvalue weighted by Crippen LogP contribution is -2.27.